The molecule has 118 valence electrons. The molecule has 0 aliphatic heterocycles. The van der Waals surface area contributed by atoms with Crippen LogP contribution in [0.15, 0.2) is 18.2 Å². The fourth-order valence-corrected chi connectivity index (χ4v) is 1.65. The lowest BCUT2D eigenvalue weighted by atomic mass is 10.2. The highest BCUT2D eigenvalue weighted by Crippen LogP contribution is 2.26. The fraction of sp³-hybridized carbons (Fsp3) is 0.400. The minimum absolute atomic E-state index is 0.0438. The van der Waals surface area contributed by atoms with Crippen molar-refractivity contribution in [2.24, 2.45) is 0 Å². The van der Waals surface area contributed by atoms with Crippen LogP contribution in [0.1, 0.15) is 26.3 Å². The number of amides is 3. The number of nitriles is 1. The molecule has 0 radical (unpaired) electrons. The van der Waals surface area contributed by atoms with Gasteiger partial charge in [-0.1, -0.05) is 0 Å². The lowest BCUT2D eigenvalue weighted by Gasteiger charge is -2.15. The van der Waals surface area contributed by atoms with Gasteiger partial charge < -0.3 is 15.4 Å². The molecule has 0 bridgehead atoms. The number of ether oxygens (including phenoxy) is 1. The van der Waals surface area contributed by atoms with Crippen LogP contribution in [-0.2, 0) is 4.79 Å². The Morgan fingerprint density at radius 3 is 2.68 bits per heavy atom. The predicted octanol–water partition coefficient (Wildman–Crippen LogP) is 1.60. The van der Waals surface area contributed by atoms with Crippen molar-refractivity contribution in [3.05, 3.63) is 23.8 Å². The monoisotopic (exact) mass is 304 g/mol. The van der Waals surface area contributed by atoms with Gasteiger partial charge in [0.15, 0.2) is 0 Å². The summed E-state index contributed by atoms with van der Waals surface area (Å²) >= 11 is 0. The summed E-state index contributed by atoms with van der Waals surface area (Å²) in [6.07, 6.45) is -0.0438. The van der Waals surface area contributed by atoms with E-state index < -0.39 is 11.9 Å². The maximum absolute atomic E-state index is 11.6. The van der Waals surface area contributed by atoms with Crippen LogP contribution in [0, 0.1) is 11.3 Å². The highest BCUT2D eigenvalue weighted by atomic mass is 16.5. The number of anilines is 1. The van der Waals surface area contributed by atoms with Gasteiger partial charge in [-0.3, -0.25) is 10.1 Å². The normalized spacial score (nSPS) is 9.77. The summed E-state index contributed by atoms with van der Waals surface area (Å²) in [7, 11) is 0. The van der Waals surface area contributed by atoms with Crippen LogP contribution < -0.4 is 20.7 Å². The first kappa shape index (κ1) is 17.3. The lowest BCUT2D eigenvalue weighted by Crippen LogP contribution is -2.41. The van der Waals surface area contributed by atoms with Crippen LogP contribution in [0.2, 0.25) is 0 Å². The Labute approximate surface area is 129 Å². The second kappa shape index (κ2) is 8.52. The van der Waals surface area contributed by atoms with Crippen molar-refractivity contribution in [2.45, 2.75) is 26.9 Å². The second-order valence-corrected chi connectivity index (χ2v) is 4.75. The van der Waals surface area contributed by atoms with Gasteiger partial charge in [-0.25, -0.2) is 4.79 Å². The number of imide groups is 1. The van der Waals surface area contributed by atoms with E-state index in [4.69, 9.17) is 10.00 Å². The number of nitrogens with zero attached hydrogens (tertiary/aromatic N) is 1. The highest BCUT2D eigenvalue weighted by molar-refractivity contribution is 5.96. The first-order chi connectivity index (χ1) is 10.5. The van der Waals surface area contributed by atoms with Crippen LogP contribution in [-0.4, -0.2) is 31.1 Å². The number of carbonyl (C=O) groups is 2. The smallest absolute Gasteiger partial charge is 0.321 e. The number of carbonyl (C=O) groups excluding carboxylic acids is 2. The van der Waals surface area contributed by atoms with E-state index >= 15 is 0 Å². The molecule has 7 heteroatoms. The van der Waals surface area contributed by atoms with E-state index in [0.717, 1.165) is 0 Å². The van der Waals surface area contributed by atoms with E-state index in [1.807, 2.05) is 19.9 Å². The van der Waals surface area contributed by atoms with Gasteiger partial charge in [0, 0.05) is 6.54 Å². The summed E-state index contributed by atoms with van der Waals surface area (Å²) in [4.78, 5) is 22.9. The van der Waals surface area contributed by atoms with Crippen molar-refractivity contribution < 1.29 is 14.3 Å². The summed E-state index contributed by atoms with van der Waals surface area (Å²) in [5.41, 5.74) is 0.974. The Morgan fingerprint density at radius 1 is 1.36 bits per heavy atom. The van der Waals surface area contributed by atoms with E-state index in [1.165, 1.54) is 0 Å². The van der Waals surface area contributed by atoms with Crippen LogP contribution >= 0.6 is 0 Å². The third kappa shape index (κ3) is 5.71. The summed E-state index contributed by atoms with van der Waals surface area (Å²) in [6.45, 7) is 5.84. The molecule has 0 unspecified atom stereocenters. The molecule has 0 aliphatic rings. The quantitative estimate of drug-likeness (QED) is 0.740. The molecular weight excluding hydrogens is 284 g/mol. The van der Waals surface area contributed by atoms with Crippen LogP contribution in [0.4, 0.5) is 10.5 Å². The predicted molar refractivity (Wildman–Crippen MR) is 82.6 cm³/mol. The largest absolute Gasteiger partial charge is 0.489 e. The minimum atomic E-state index is -0.543. The van der Waals surface area contributed by atoms with E-state index in [9.17, 15) is 9.59 Å². The Balaban J connectivity index is 2.72. The molecular formula is C15H20N4O3. The van der Waals surface area contributed by atoms with Gasteiger partial charge >= 0.3 is 6.03 Å². The van der Waals surface area contributed by atoms with E-state index in [-0.39, 0.29) is 12.6 Å². The molecule has 1 aromatic carbocycles. The lowest BCUT2D eigenvalue weighted by molar-refractivity contribution is -0.118. The summed E-state index contributed by atoms with van der Waals surface area (Å²) in [5, 5.41) is 16.5. The van der Waals surface area contributed by atoms with Gasteiger partial charge in [0.2, 0.25) is 5.91 Å². The molecule has 0 atom stereocenters. The van der Waals surface area contributed by atoms with Gasteiger partial charge in [0.05, 0.1) is 30.0 Å². The summed E-state index contributed by atoms with van der Waals surface area (Å²) < 4.78 is 5.61. The van der Waals surface area contributed by atoms with Gasteiger partial charge in [-0.05, 0) is 39.0 Å². The molecule has 0 saturated carbocycles. The van der Waals surface area contributed by atoms with Crippen LogP contribution in [0.3, 0.4) is 0 Å². The van der Waals surface area contributed by atoms with E-state index in [0.29, 0.717) is 23.5 Å². The van der Waals surface area contributed by atoms with Gasteiger partial charge in [0.25, 0.3) is 0 Å². The number of benzene rings is 1. The van der Waals surface area contributed by atoms with Crippen LogP contribution in [0.25, 0.3) is 0 Å². The molecule has 22 heavy (non-hydrogen) atoms. The average Bonchev–Trinajstić information content (AvgIpc) is 2.45. The van der Waals surface area contributed by atoms with Crippen molar-refractivity contribution in [1.82, 2.24) is 10.6 Å². The first-order valence-corrected chi connectivity index (χ1v) is 6.98. The van der Waals surface area contributed by atoms with Crippen molar-refractivity contribution >= 4 is 17.6 Å². The SMILES string of the molecule is CCNC(=O)NC(=O)CNc1cc(C#N)ccc1OC(C)C. The molecule has 3 amide bonds. The third-order valence-electron chi connectivity index (χ3n) is 2.50. The molecule has 0 fully saturated rings. The molecule has 7 nitrogen and oxygen atoms in total. The topological polar surface area (TPSA) is 103 Å². The van der Waals surface area contributed by atoms with Gasteiger partial charge in [0.1, 0.15) is 5.75 Å². The zero-order chi connectivity index (χ0) is 16.5. The molecule has 0 aliphatic carbocycles. The fourth-order valence-electron chi connectivity index (χ4n) is 1.65. The second-order valence-electron chi connectivity index (χ2n) is 4.75. The van der Waals surface area contributed by atoms with Crippen molar-refractivity contribution in [3.8, 4) is 11.8 Å². The number of nitrogens with one attached hydrogen (secondary N) is 3. The Hall–Kier alpha value is -2.75. The zero-order valence-electron chi connectivity index (χ0n) is 12.9. The van der Waals surface area contributed by atoms with Crippen molar-refractivity contribution in [3.63, 3.8) is 0 Å². The van der Waals surface area contributed by atoms with E-state index in [2.05, 4.69) is 16.0 Å². The Kier molecular flexibility index (Phi) is 6.70. The zero-order valence-corrected chi connectivity index (χ0v) is 12.9. The standard InChI is InChI=1S/C15H20N4O3/c1-4-17-15(21)19-14(20)9-18-12-7-11(8-16)5-6-13(12)22-10(2)3/h5-7,10,18H,4,9H2,1-3H3,(H2,17,19,20,21). The van der Waals surface area contributed by atoms with Crippen molar-refractivity contribution in [2.75, 3.05) is 18.4 Å². The molecule has 0 heterocycles. The van der Waals surface area contributed by atoms with Gasteiger partial charge in [-0.15, -0.1) is 0 Å². The first-order valence-electron chi connectivity index (χ1n) is 6.98. The molecule has 3 N–H and O–H groups in total. The Bertz CT molecular complexity index is 579. The number of urea groups is 1. The summed E-state index contributed by atoms with van der Waals surface area (Å²) in [5.74, 6) is 0.0589. The van der Waals surface area contributed by atoms with E-state index in [1.54, 1.807) is 25.1 Å². The number of hydrogen-bond acceptors (Lipinski definition) is 5. The Morgan fingerprint density at radius 2 is 2.09 bits per heavy atom. The molecule has 0 saturated heterocycles. The summed E-state index contributed by atoms with van der Waals surface area (Å²) in [6, 6.07) is 6.38. The molecule has 1 rings (SSSR count). The molecule has 0 aromatic heterocycles. The third-order valence-corrected chi connectivity index (χ3v) is 2.50. The minimum Gasteiger partial charge on any atom is -0.489 e. The maximum Gasteiger partial charge on any atom is 0.321 e. The average molecular weight is 304 g/mol. The number of hydrogen-bond donors (Lipinski definition) is 3. The van der Waals surface area contributed by atoms with Crippen molar-refractivity contribution in [1.29, 1.82) is 5.26 Å². The van der Waals surface area contributed by atoms with Crippen LogP contribution in [0.5, 0.6) is 5.75 Å². The van der Waals surface area contributed by atoms with Gasteiger partial charge in [-0.2, -0.15) is 5.26 Å². The maximum atomic E-state index is 11.6. The number of rotatable bonds is 6. The highest BCUT2D eigenvalue weighted by Gasteiger charge is 2.10. The molecule has 0 spiro atoms. The molecule has 1 aromatic rings.